The molecule has 0 bridgehead atoms. The van der Waals surface area contributed by atoms with Crippen LogP contribution in [-0.4, -0.2) is 25.2 Å². The van der Waals surface area contributed by atoms with E-state index in [9.17, 15) is 9.18 Å². The average molecular weight is 255 g/mol. The van der Waals surface area contributed by atoms with E-state index in [0.29, 0.717) is 5.69 Å². The van der Waals surface area contributed by atoms with E-state index in [-0.39, 0.29) is 18.3 Å². The van der Waals surface area contributed by atoms with Crippen molar-refractivity contribution < 1.29 is 18.7 Å². The van der Waals surface area contributed by atoms with E-state index >= 15 is 0 Å². The monoisotopic (exact) mass is 255 g/mol. The van der Waals surface area contributed by atoms with Crippen molar-refractivity contribution in [2.24, 2.45) is 0 Å². The fourth-order valence-corrected chi connectivity index (χ4v) is 1.32. The summed E-state index contributed by atoms with van der Waals surface area (Å²) in [5.74, 6) is -0.685. The Morgan fingerprint density at radius 2 is 2.06 bits per heavy atom. The lowest BCUT2D eigenvalue weighted by atomic mass is 10.2. The van der Waals surface area contributed by atoms with Crippen molar-refractivity contribution in [3.63, 3.8) is 0 Å². The van der Waals surface area contributed by atoms with E-state index in [0.717, 1.165) is 0 Å². The molecule has 0 radical (unpaired) electrons. The number of esters is 1. The maximum Gasteiger partial charge on any atom is 0.325 e. The summed E-state index contributed by atoms with van der Waals surface area (Å²) in [6.07, 6.45) is 0. The summed E-state index contributed by atoms with van der Waals surface area (Å²) in [6.45, 7) is 5.41. The summed E-state index contributed by atoms with van der Waals surface area (Å²) in [5.41, 5.74) is 0.0818. The first kappa shape index (κ1) is 14.3. The van der Waals surface area contributed by atoms with Crippen molar-refractivity contribution in [3.8, 4) is 5.75 Å². The Kier molecular flexibility index (Phi) is 4.53. The number of methoxy groups -OCH3 is 1. The van der Waals surface area contributed by atoms with Crippen LogP contribution in [0.25, 0.3) is 0 Å². The smallest absolute Gasteiger partial charge is 0.325 e. The predicted octanol–water partition coefficient (Wildman–Crippen LogP) is 2.59. The van der Waals surface area contributed by atoms with Gasteiger partial charge in [0.15, 0.2) is 11.6 Å². The zero-order chi connectivity index (χ0) is 13.8. The molecule has 1 aromatic rings. The van der Waals surface area contributed by atoms with Gasteiger partial charge in [-0.2, -0.15) is 0 Å². The van der Waals surface area contributed by atoms with Gasteiger partial charge in [0.2, 0.25) is 0 Å². The molecule has 0 atom stereocenters. The number of hydrogen-bond acceptors (Lipinski definition) is 4. The van der Waals surface area contributed by atoms with Crippen molar-refractivity contribution in [1.82, 2.24) is 0 Å². The third-order valence-corrected chi connectivity index (χ3v) is 2.01. The SMILES string of the molecule is COc1cc(NCC(=O)OC(C)(C)C)ccc1F. The molecule has 0 aliphatic carbocycles. The Labute approximate surface area is 106 Å². The highest BCUT2D eigenvalue weighted by Gasteiger charge is 2.15. The van der Waals surface area contributed by atoms with Crippen LogP contribution in [0.5, 0.6) is 5.75 Å². The van der Waals surface area contributed by atoms with E-state index in [1.807, 2.05) is 0 Å². The van der Waals surface area contributed by atoms with Gasteiger partial charge in [-0.15, -0.1) is 0 Å². The molecule has 0 aromatic heterocycles. The molecule has 0 aliphatic rings. The first-order valence-electron chi connectivity index (χ1n) is 5.61. The fraction of sp³-hybridized carbons (Fsp3) is 0.462. The van der Waals surface area contributed by atoms with Crippen LogP contribution in [0.4, 0.5) is 10.1 Å². The summed E-state index contributed by atoms with van der Waals surface area (Å²) in [6, 6.07) is 4.29. The average Bonchev–Trinajstić information content (AvgIpc) is 2.25. The Morgan fingerprint density at radius 3 is 2.61 bits per heavy atom. The summed E-state index contributed by atoms with van der Waals surface area (Å²) in [7, 11) is 1.38. The molecule has 0 fully saturated rings. The molecule has 4 nitrogen and oxygen atoms in total. The number of carbonyl (C=O) groups excluding carboxylic acids is 1. The normalized spacial score (nSPS) is 10.9. The number of benzene rings is 1. The summed E-state index contributed by atoms with van der Waals surface area (Å²) in [4.78, 5) is 11.5. The maximum atomic E-state index is 13.1. The van der Waals surface area contributed by atoms with Gasteiger partial charge in [-0.1, -0.05) is 0 Å². The van der Waals surface area contributed by atoms with Crippen molar-refractivity contribution >= 4 is 11.7 Å². The molecule has 1 rings (SSSR count). The van der Waals surface area contributed by atoms with Crippen LogP contribution in [-0.2, 0) is 9.53 Å². The Bertz CT molecular complexity index is 427. The first-order valence-corrected chi connectivity index (χ1v) is 5.61. The lowest BCUT2D eigenvalue weighted by Gasteiger charge is -2.19. The zero-order valence-corrected chi connectivity index (χ0v) is 11.0. The van der Waals surface area contributed by atoms with Crippen molar-refractivity contribution in [2.75, 3.05) is 19.0 Å². The van der Waals surface area contributed by atoms with Crippen LogP contribution in [0.15, 0.2) is 18.2 Å². The van der Waals surface area contributed by atoms with Gasteiger partial charge in [0.25, 0.3) is 0 Å². The van der Waals surface area contributed by atoms with Crippen LogP contribution in [0.3, 0.4) is 0 Å². The molecule has 0 amide bonds. The van der Waals surface area contributed by atoms with Crippen LogP contribution in [0.2, 0.25) is 0 Å². The number of rotatable bonds is 4. The number of ether oxygens (including phenoxy) is 2. The number of carbonyl (C=O) groups is 1. The quantitative estimate of drug-likeness (QED) is 0.840. The second-order valence-corrected chi connectivity index (χ2v) is 4.79. The van der Waals surface area contributed by atoms with Gasteiger partial charge in [0, 0.05) is 11.8 Å². The van der Waals surface area contributed by atoms with E-state index < -0.39 is 11.4 Å². The molecule has 0 aliphatic heterocycles. The molecule has 0 unspecified atom stereocenters. The van der Waals surface area contributed by atoms with Gasteiger partial charge >= 0.3 is 5.97 Å². The molecule has 0 spiro atoms. The minimum Gasteiger partial charge on any atom is -0.494 e. The summed E-state index contributed by atoms with van der Waals surface area (Å²) >= 11 is 0. The van der Waals surface area contributed by atoms with Crippen molar-refractivity contribution in [3.05, 3.63) is 24.0 Å². The van der Waals surface area contributed by atoms with Gasteiger partial charge in [0.05, 0.1) is 7.11 Å². The van der Waals surface area contributed by atoms with Crippen LogP contribution >= 0.6 is 0 Å². The van der Waals surface area contributed by atoms with Crippen LogP contribution in [0, 0.1) is 5.82 Å². The minimum atomic E-state index is -0.515. The summed E-state index contributed by atoms with van der Waals surface area (Å²) in [5, 5.41) is 2.85. The van der Waals surface area contributed by atoms with E-state index in [1.165, 1.54) is 25.3 Å². The Morgan fingerprint density at radius 1 is 1.39 bits per heavy atom. The second-order valence-electron chi connectivity index (χ2n) is 4.79. The van der Waals surface area contributed by atoms with Gasteiger partial charge in [0.1, 0.15) is 12.1 Å². The lowest BCUT2D eigenvalue weighted by molar-refractivity contribution is -0.152. The number of halogens is 1. The lowest BCUT2D eigenvalue weighted by Crippen LogP contribution is -2.28. The van der Waals surface area contributed by atoms with E-state index in [1.54, 1.807) is 20.8 Å². The maximum absolute atomic E-state index is 13.1. The molecule has 0 saturated heterocycles. The molecule has 18 heavy (non-hydrogen) atoms. The largest absolute Gasteiger partial charge is 0.494 e. The zero-order valence-electron chi connectivity index (χ0n) is 11.0. The number of hydrogen-bond donors (Lipinski definition) is 1. The van der Waals surface area contributed by atoms with Gasteiger partial charge < -0.3 is 14.8 Å². The fourth-order valence-electron chi connectivity index (χ4n) is 1.32. The number of anilines is 1. The third kappa shape index (κ3) is 4.61. The summed E-state index contributed by atoms with van der Waals surface area (Å²) < 4.78 is 23.1. The Balaban J connectivity index is 2.56. The molecule has 1 N–H and O–H groups in total. The molecular formula is C13H18FNO3. The second kappa shape index (κ2) is 5.71. The highest BCUT2D eigenvalue weighted by atomic mass is 19.1. The highest BCUT2D eigenvalue weighted by Crippen LogP contribution is 2.21. The van der Waals surface area contributed by atoms with E-state index in [4.69, 9.17) is 9.47 Å². The molecule has 100 valence electrons. The standard InChI is InChI=1S/C13H18FNO3/c1-13(2,3)18-12(16)8-15-9-5-6-10(14)11(7-9)17-4/h5-7,15H,8H2,1-4H3. The molecular weight excluding hydrogens is 237 g/mol. The number of nitrogens with one attached hydrogen (secondary N) is 1. The van der Waals surface area contributed by atoms with Crippen LogP contribution in [0.1, 0.15) is 20.8 Å². The topological polar surface area (TPSA) is 47.6 Å². The molecule has 5 heteroatoms. The highest BCUT2D eigenvalue weighted by molar-refractivity contribution is 5.75. The van der Waals surface area contributed by atoms with Crippen LogP contribution < -0.4 is 10.1 Å². The minimum absolute atomic E-state index is 0.0199. The van der Waals surface area contributed by atoms with Gasteiger partial charge in [-0.3, -0.25) is 4.79 Å². The van der Waals surface area contributed by atoms with Crippen molar-refractivity contribution in [1.29, 1.82) is 0 Å². The molecule has 1 aromatic carbocycles. The van der Waals surface area contributed by atoms with Gasteiger partial charge in [-0.05, 0) is 32.9 Å². The Hall–Kier alpha value is -1.78. The molecule has 0 heterocycles. The first-order chi connectivity index (χ1) is 8.31. The third-order valence-electron chi connectivity index (χ3n) is 2.01. The van der Waals surface area contributed by atoms with Gasteiger partial charge in [-0.25, -0.2) is 4.39 Å². The molecule has 0 saturated carbocycles. The van der Waals surface area contributed by atoms with E-state index in [2.05, 4.69) is 5.32 Å². The van der Waals surface area contributed by atoms with Crippen molar-refractivity contribution in [2.45, 2.75) is 26.4 Å². The predicted molar refractivity (Wildman–Crippen MR) is 67.3 cm³/mol.